The Bertz CT molecular complexity index is 381. The monoisotopic (exact) mass is 335 g/mol. The van der Waals surface area contributed by atoms with Crippen LogP contribution in [0.1, 0.15) is 39.5 Å². The van der Waals surface area contributed by atoms with Crippen LogP contribution in [0.2, 0.25) is 0 Å². The molecule has 0 aromatic rings. The van der Waals surface area contributed by atoms with Crippen LogP contribution in [-0.4, -0.2) is 46.5 Å². The lowest BCUT2D eigenvalue weighted by Crippen LogP contribution is -2.52. The minimum atomic E-state index is -0.429. The van der Waals surface area contributed by atoms with E-state index < -0.39 is 5.54 Å². The molecule has 1 atom stereocenters. The number of hydrogen-bond donors (Lipinski definition) is 2. The average molecular weight is 336 g/mol. The Morgan fingerprint density at radius 1 is 1.33 bits per heavy atom. The summed E-state index contributed by atoms with van der Waals surface area (Å²) in [5, 5.41) is 2.87. The molecule has 0 aromatic carbocycles. The fourth-order valence-electron chi connectivity index (χ4n) is 2.72. The first kappa shape index (κ1) is 18.6. The fraction of sp³-hybridized carbons (Fsp3) is 0.857. The second-order valence-corrected chi connectivity index (χ2v) is 7.51. The standard InChI is InChI=1S/C14H25N3O2S.ClH/c1-14(2,15)8-16-12(18)11-7-20-9-17(11)13(19)10-5-3-4-6-10;/h10-11H,3-9,15H2,1-2H3,(H,16,18);1H. The Hall–Kier alpha value is -0.460. The third-order valence-electron chi connectivity index (χ3n) is 3.89. The lowest BCUT2D eigenvalue weighted by atomic mass is 10.1. The minimum absolute atomic E-state index is 0. The van der Waals surface area contributed by atoms with Gasteiger partial charge in [-0.15, -0.1) is 24.2 Å². The van der Waals surface area contributed by atoms with Gasteiger partial charge in [-0.05, 0) is 26.7 Å². The maximum absolute atomic E-state index is 12.5. The van der Waals surface area contributed by atoms with Gasteiger partial charge in [0.25, 0.3) is 0 Å². The predicted octanol–water partition coefficient (Wildman–Crippen LogP) is 1.35. The van der Waals surface area contributed by atoms with Crippen molar-refractivity contribution in [3.05, 3.63) is 0 Å². The van der Waals surface area contributed by atoms with Gasteiger partial charge in [-0.1, -0.05) is 12.8 Å². The van der Waals surface area contributed by atoms with Crippen LogP contribution in [-0.2, 0) is 9.59 Å². The van der Waals surface area contributed by atoms with Gasteiger partial charge in [0.05, 0.1) is 5.88 Å². The van der Waals surface area contributed by atoms with Crippen molar-refractivity contribution < 1.29 is 9.59 Å². The third-order valence-corrected chi connectivity index (χ3v) is 4.90. The van der Waals surface area contributed by atoms with Gasteiger partial charge in [0.2, 0.25) is 11.8 Å². The molecule has 1 saturated carbocycles. The first-order chi connectivity index (χ1) is 9.38. The normalized spacial score (nSPS) is 23.0. The Kier molecular flexibility index (Phi) is 6.81. The van der Waals surface area contributed by atoms with Gasteiger partial charge in [0.15, 0.2) is 0 Å². The molecule has 122 valence electrons. The van der Waals surface area contributed by atoms with Crippen LogP contribution in [0.5, 0.6) is 0 Å². The fourth-order valence-corrected chi connectivity index (χ4v) is 3.88. The number of thioether (sulfide) groups is 1. The van der Waals surface area contributed by atoms with E-state index in [1.807, 2.05) is 13.8 Å². The molecule has 2 amide bonds. The van der Waals surface area contributed by atoms with Crippen LogP contribution >= 0.6 is 24.2 Å². The van der Waals surface area contributed by atoms with Crippen molar-refractivity contribution in [3.63, 3.8) is 0 Å². The molecule has 2 fully saturated rings. The molecule has 21 heavy (non-hydrogen) atoms. The Morgan fingerprint density at radius 2 is 1.95 bits per heavy atom. The van der Waals surface area contributed by atoms with Gasteiger partial charge < -0.3 is 16.0 Å². The van der Waals surface area contributed by atoms with Crippen molar-refractivity contribution >= 4 is 36.0 Å². The highest BCUT2D eigenvalue weighted by Gasteiger charge is 2.38. The molecule has 3 N–H and O–H groups in total. The van der Waals surface area contributed by atoms with Crippen LogP contribution in [0.15, 0.2) is 0 Å². The van der Waals surface area contributed by atoms with E-state index >= 15 is 0 Å². The number of rotatable bonds is 4. The summed E-state index contributed by atoms with van der Waals surface area (Å²) in [6.45, 7) is 4.18. The van der Waals surface area contributed by atoms with Gasteiger partial charge in [0, 0.05) is 23.8 Å². The lowest BCUT2D eigenvalue weighted by molar-refractivity contribution is -0.141. The third kappa shape index (κ3) is 5.04. The summed E-state index contributed by atoms with van der Waals surface area (Å²) in [6, 6.07) is -0.324. The second kappa shape index (κ2) is 7.70. The Labute approximate surface area is 137 Å². The van der Waals surface area contributed by atoms with Crippen molar-refractivity contribution in [2.75, 3.05) is 18.2 Å². The zero-order valence-electron chi connectivity index (χ0n) is 12.8. The lowest BCUT2D eigenvalue weighted by Gasteiger charge is -2.27. The van der Waals surface area contributed by atoms with Crippen molar-refractivity contribution in [2.45, 2.75) is 51.1 Å². The maximum atomic E-state index is 12.5. The SMILES string of the molecule is CC(C)(N)CNC(=O)C1CSCN1C(=O)C1CCCC1.Cl. The number of hydrogen-bond acceptors (Lipinski definition) is 4. The van der Waals surface area contributed by atoms with Gasteiger partial charge in [-0.3, -0.25) is 9.59 Å². The van der Waals surface area contributed by atoms with E-state index in [-0.39, 0.29) is 36.2 Å². The highest BCUT2D eigenvalue weighted by atomic mass is 35.5. The van der Waals surface area contributed by atoms with Crippen LogP contribution < -0.4 is 11.1 Å². The summed E-state index contributed by atoms with van der Waals surface area (Å²) in [5.74, 6) is 1.56. The largest absolute Gasteiger partial charge is 0.352 e. The molecule has 1 aliphatic heterocycles. The Balaban J connectivity index is 0.00000220. The quantitative estimate of drug-likeness (QED) is 0.813. The smallest absolute Gasteiger partial charge is 0.243 e. The van der Waals surface area contributed by atoms with Gasteiger partial charge >= 0.3 is 0 Å². The predicted molar refractivity (Wildman–Crippen MR) is 88.4 cm³/mol. The number of nitrogens with one attached hydrogen (secondary N) is 1. The topological polar surface area (TPSA) is 75.4 Å². The summed E-state index contributed by atoms with van der Waals surface area (Å²) in [6.07, 6.45) is 4.22. The number of nitrogens with zero attached hydrogens (tertiary/aromatic N) is 1. The Morgan fingerprint density at radius 3 is 2.52 bits per heavy atom. The molecule has 7 heteroatoms. The molecule has 0 bridgehead atoms. The van der Waals surface area contributed by atoms with Crippen molar-refractivity contribution in [3.8, 4) is 0 Å². The second-order valence-electron chi connectivity index (χ2n) is 6.51. The maximum Gasteiger partial charge on any atom is 0.243 e. The highest BCUT2D eigenvalue weighted by molar-refractivity contribution is 7.99. The molecule has 1 heterocycles. The summed E-state index contributed by atoms with van der Waals surface area (Å²) in [4.78, 5) is 26.5. The molecule has 2 rings (SSSR count). The summed E-state index contributed by atoms with van der Waals surface area (Å²) in [5.41, 5.74) is 5.45. The van der Waals surface area contributed by atoms with Gasteiger partial charge in [-0.2, -0.15) is 0 Å². The van der Waals surface area contributed by atoms with E-state index in [0.717, 1.165) is 25.7 Å². The molecule has 0 aromatic heterocycles. The number of nitrogens with two attached hydrogens (primary N) is 1. The van der Waals surface area contributed by atoms with Gasteiger partial charge in [0.1, 0.15) is 6.04 Å². The van der Waals surface area contributed by atoms with Crippen molar-refractivity contribution in [1.29, 1.82) is 0 Å². The summed E-state index contributed by atoms with van der Waals surface area (Å²) >= 11 is 1.65. The molecule has 1 unspecified atom stereocenters. The summed E-state index contributed by atoms with van der Waals surface area (Å²) in [7, 11) is 0. The van der Waals surface area contributed by atoms with Crippen molar-refractivity contribution in [1.82, 2.24) is 10.2 Å². The number of carbonyl (C=O) groups excluding carboxylic acids is 2. The highest BCUT2D eigenvalue weighted by Crippen LogP contribution is 2.30. The van der Waals surface area contributed by atoms with E-state index in [0.29, 0.717) is 18.2 Å². The molecule has 5 nitrogen and oxygen atoms in total. The molecule has 0 spiro atoms. The molecule has 1 saturated heterocycles. The molecule has 2 aliphatic rings. The molecular weight excluding hydrogens is 310 g/mol. The first-order valence-electron chi connectivity index (χ1n) is 7.33. The number of halogens is 1. The molecule has 0 radical (unpaired) electrons. The van der Waals surface area contributed by atoms with Gasteiger partial charge in [-0.25, -0.2) is 0 Å². The van der Waals surface area contributed by atoms with E-state index in [1.54, 1.807) is 16.7 Å². The average Bonchev–Trinajstić information content (AvgIpc) is 3.04. The zero-order valence-corrected chi connectivity index (χ0v) is 14.4. The number of carbonyl (C=O) groups is 2. The van der Waals surface area contributed by atoms with Crippen LogP contribution in [0, 0.1) is 5.92 Å². The van der Waals surface area contributed by atoms with E-state index in [2.05, 4.69) is 5.32 Å². The van der Waals surface area contributed by atoms with Crippen LogP contribution in [0.4, 0.5) is 0 Å². The van der Waals surface area contributed by atoms with E-state index in [4.69, 9.17) is 5.73 Å². The van der Waals surface area contributed by atoms with Crippen LogP contribution in [0.25, 0.3) is 0 Å². The zero-order chi connectivity index (χ0) is 14.8. The van der Waals surface area contributed by atoms with Crippen LogP contribution in [0.3, 0.4) is 0 Å². The first-order valence-corrected chi connectivity index (χ1v) is 8.49. The minimum Gasteiger partial charge on any atom is -0.352 e. The molecular formula is C14H26ClN3O2S. The van der Waals surface area contributed by atoms with Crippen molar-refractivity contribution in [2.24, 2.45) is 11.7 Å². The van der Waals surface area contributed by atoms with E-state index in [1.165, 1.54) is 0 Å². The number of amides is 2. The molecule has 1 aliphatic carbocycles. The van der Waals surface area contributed by atoms with E-state index in [9.17, 15) is 9.59 Å². The summed E-state index contributed by atoms with van der Waals surface area (Å²) < 4.78 is 0.